The van der Waals surface area contributed by atoms with Gasteiger partial charge in [-0.15, -0.1) is 0 Å². The van der Waals surface area contributed by atoms with E-state index in [1.807, 2.05) is 6.07 Å². The monoisotopic (exact) mass is 196 g/mol. The van der Waals surface area contributed by atoms with E-state index in [0.29, 0.717) is 11.1 Å². The summed E-state index contributed by atoms with van der Waals surface area (Å²) in [7, 11) is 0. The van der Waals surface area contributed by atoms with Gasteiger partial charge in [-0.1, -0.05) is 24.1 Å². The van der Waals surface area contributed by atoms with Crippen LogP contribution in [0.15, 0.2) is 18.3 Å². The molecule has 1 aromatic rings. The fourth-order valence-corrected chi connectivity index (χ4v) is 1.77. The van der Waals surface area contributed by atoms with E-state index in [2.05, 4.69) is 4.98 Å². The van der Waals surface area contributed by atoms with Gasteiger partial charge in [0.2, 0.25) is 0 Å². The van der Waals surface area contributed by atoms with Crippen molar-refractivity contribution in [2.24, 2.45) is 11.7 Å². The Bertz CT molecular complexity index is 279. The van der Waals surface area contributed by atoms with Crippen molar-refractivity contribution in [2.75, 3.05) is 0 Å². The molecule has 1 aromatic heterocycles. The van der Waals surface area contributed by atoms with E-state index in [0.717, 1.165) is 5.56 Å². The van der Waals surface area contributed by atoms with E-state index in [1.165, 1.54) is 19.3 Å². The Labute approximate surface area is 83.1 Å². The Morgan fingerprint density at radius 2 is 2.23 bits per heavy atom. The molecule has 0 aromatic carbocycles. The van der Waals surface area contributed by atoms with Crippen LogP contribution in [0.25, 0.3) is 0 Å². The maximum Gasteiger partial charge on any atom is 0.129 e. The molecule has 2 nitrogen and oxygen atoms in total. The molecule has 1 heterocycles. The number of hydrogen-bond acceptors (Lipinski definition) is 2. The molecule has 1 aliphatic carbocycles. The lowest BCUT2D eigenvalue weighted by molar-refractivity contribution is 0.264. The van der Waals surface area contributed by atoms with Gasteiger partial charge in [0.1, 0.15) is 5.15 Å². The van der Waals surface area contributed by atoms with Gasteiger partial charge >= 0.3 is 0 Å². The molecule has 0 spiro atoms. The third-order valence-electron chi connectivity index (χ3n) is 2.79. The largest absolute Gasteiger partial charge is 0.324 e. The zero-order valence-corrected chi connectivity index (χ0v) is 8.17. The maximum absolute atomic E-state index is 6.07. The smallest absolute Gasteiger partial charge is 0.129 e. The minimum atomic E-state index is 0.151. The van der Waals surface area contributed by atoms with Crippen LogP contribution in [-0.2, 0) is 0 Å². The Morgan fingerprint density at radius 3 is 2.69 bits per heavy atom. The van der Waals surface area contributed by atoms with E-state index in [4.69, 9.17) is 17.3 Å². The van der Waals surface area contributed by atoms with Gasteiger partial charge in [-0.05, 0) is 30.4 Å². The highest BCUT2D eigenvalue weighted by Crippen LogP contribution is 2.35. The molecule has 1 atom stereocenters. The van der Waals surface area contributed by atoms with Gasteiger partial charge in [-0.25, -0.2) is 4.98 Å². The zero-order valence-electron chi connectivity index (χ0n) is 7.41. The van der Waals surface area contributed by atoms with E-state index in [1.54, 1.807) is 12.3 Å². The van der Waals surface area contributed by atoms with E-state index >= 15 is 0 Å². The predicted octanol–water partition coefficient (Wildman–Crippen LogP) is 2.53. The molecule has 0 aliphatic heterocycles. The van der Waals surface area contributed by atoms with Crippen molar-refractivity contribution in [1.82, 2.24) is 4.98 Å². The van der Waals surface area contributed by atoms with Gasteiger partial charge < -0.3 is 5.73 Å². The Balaban J connectivity index is 2.10. The highest BCUT2D eigenvalue weighted by atomic mass is 35.5. The predicted molar refractivity (Wildman–Crippen MR) is 53.5 cm³/mol. The van der Waals surface area contributed by atoms with E-state index < -0.39 is 0 Å². The van der Waals surface area contributed by atoms with Crippen LogP contribution in [0, 0.1) is 5.92 Å². The number of halogens is 1. The first-order chi connectivity index (χ1) is 6.27. The number of pyridine rings is 1. The summed E-state index contributed by atoms with van der Waals surface area (Å²) < 4.78 is 0. The molecule has 0 unspecified atom stereocenters. The van der Waals surface area contributed by atoms with Crippen molar-refractivity contribution in [3.63, 3.8) is 0 Å². The molecular weight excluding hydrogens is 184 g/mol. The molecule has 0 radical (unpaired) electrons. The highest BCUT2D eigenvalue weighted by Gasteiger charge is 2.25. The summed E-state index contributed by atoms with van der Waals surface area (Å²) in [6.45, 7) is 0. The van der Waals surface area contributed by atoms with Gasteiger partial charge in [0, 0.05) is 12.2 Å². The lowest BCUT2D eigenvalue weighted by atomic mass is 9.78. The summed E-state index contributed by atoms with van der Waals surface area (Å²) in [5.41, 5.74) is 7.17. The Hall–Kier alpha value is -0.600. The second-order valence-electron chi connectivity index (χ2n) is 3.63. The Morgan fingerprint density at radius 1 is 1.46 bits per heavy atom. The average molecular weight is 197 g/mol. The first-order valence-corrected chi connectivity index (χ1v) is 5.02. The minimum absolute atomic E-state index is 0.151. The van der Waals surface area contributed by atoms with Crippen molar-refractivity contribution in [3.8, 4) is 0 Å². The number of nitrogens with zero attached hydrogens (tertiary/aromatic N) is 1. The van der Waals surface area contributed by atoms with Crippen molar-refractivity contribution >= 4 is 11.6 Å². The van der Waals surface area contributed by atoms with Gasteiger partial charge in [0.25, 0.3) is 0 Å². The van der Waals surface area contributed by atoms with Crippen LogP contribution in [0.4, 0.5) is 0 Å². The van der Waals surface area contributed by atoms with Gasteiger partial charge in [0.15, 0.2) is 0 Å². The van der Waals surface area contributed by atoms with Crippen molar-refractivity contribution in [3.05, 3.63) is 29.0 Å². The van der Waals surface area contributed by atoms with Crippen LogP contribution in [0.1, 0.15) is 30.9 Å². The summed E-state index contributed by atoms with van der Waals surface area (Å²) in [4.78, 5) is 4.03. The van der Waals surface area contributed by atoms with Gasteiger partial charge in [-0.3, -0.25) is 0 Å². The quantitative estimate of drug-likeness (QED) is 0.739. The molecule has 13 heavy (non-hydrogen) atoms. The molecule has 1 saturated carbocycles. The molecule has 1 aliphatic rings. The third-order valence-corrected chi connectivity index (χ3v) is 3.02. The second-order valence-corrected chi connectivity index (χ2v) is 4.02. The maximum atomic E-state index is 6.07. The Kier molecular flexibility index (Phi) is 2.51. The standard InChI is InChI=1S/C10H13ClN2/c11-9-5-4-8(6-13-9)10(12)7-2-1-3-7/h4-7,10H,1-3,12H2/t10-/m0/s1. The van der Waals surface area contributed by atoms with Crippen LogP contribution >= 0.6 is 11.6 Å². The highest BCUT2D eigenvalue weighted by molar-refractivity contribution is 6.29. The SMILES string of the molecule is N[C@H](c1ccc(Cl)nc1)C1CCC1. The van der Waals surface area contributed by atoms with Crippen molar-refractivity contribution in [1.29, 1.82) is 0 Å². The number of nitrogens with two attached hydrogens (primary N) is 1. The molecule has 3 heteroatoms. The summed E-state index contributed by atoms with van der Waals surface area (Å²) in [5.74, 6) is 0.656. The summed E-state index contributed by atoms with van der Waals surface area (Å²) in [6, 6.07) is 3.92. The fourth-order valence-electron chi connectivity index (χ4n) is 1.66. The number of rotatable bonds is 2. The minimum Gasteiger partial charge on any atom is -0.324 e. The summed E-state index contributed by atoms with van der Waals surface area (Å²) >= 11 is 5.69. The van der Waals surface area contributed by atoms with Crippen LogP contribution in [-0.4, -0.2) is 4.98 Å². The van der Waals surface area contributed by atoms with Gasteiger partial charge in [0.05, 0.1) is 0 Å². The molecule has 1 fully saturated rings. The fraction of sp³-hybridized carbons (Fsp3) is 0.500. The van der Waals surface area contributed by atoms with Crippen LogP contribution in [0.2, 0.25) is 5.15 Å². The van der Waals surface area contributed by atoms with Crippen molar-refractivity contribution in [2.45, 2.75) is 25.3 Å². The number of aromatic nitrogens is 1. The van der Waals surface area contributed by atoms with Crippen LogP contribution in [0.5, 0.6) is 0 Å². The molecule has 2 N–H and O–H groups in total. The van der Waals surface area contributed by atoms with Crippen LogP contribution < -0.4 is 5.73 Å². The number of hydrogen-bond donors (Lipinski definition) is 1. The topological polar surface area (TPSA) is 38.9 Å². The summed E-state index contributed by atoms with van der Waals surface area (Å²) in [5, 5.41) is 0.532. The lowest BCUT2D eigenvalue weighted by Crippen LogP contribution is -2.26. The first kappa shape index (κ1) is 8.97. The van der Waals surface area contributed by atoms with Gasteiger partial charge in [-0.2, -0.15) is 0 Å². The summed E-state index contributed by atoms with van der Waals surface area (Å²) in [6.07, 6.45) is 5.61. The first-order valence-electron chi connectivity index (χ1n) is 4.64. The molecule has 2 rings (SSSR count). The third kappa shape index (κ3) is 1.84. The molecule has 0 bridgehead atoms. The lowest BCUT2D eigenvalue weighted by Gasteiger charge is -2.31. The zero-order chi connectivity index (χ0) is 9.26. The van der Waals surface area contributed by atoms with Crippen molar-refractivity contribution < 1.29 is 0 Å². The molecular formula is C10H13ClN2. The molecule has 0 amide bonds. The second kappa shape index (κ2) is 3.64. The molecule has 0 saturated heterocycles. The van der Waals surface area contributed by atoms with Crippen LogP contribution in [0.3, 0.4) is 0 Å². The average Bonchev–Trinajstić information content (AvgIpc) is 2.02. The molecule has 70 valence electrons. The van der Waals surface area contributed by atoms with E-state index in [9.17, 15) is 0 Å². The van der Waals surface area contributed by atoms with E-state index in [-0.39, 0.29) is 6.04 Å². The normalized spacial score (nSPS) is 19.5.